The van der Waals surface area contributed by atoms with Crippen molar-refractivity contribution in [2.45, 2.75) is 37.5 Å². The van der Waals surface area contributed by atoms with Crippen molar-refractivity contribution in [3.8, 4) is 6.07 Å². The van der Waals surface area contributed by atoms with E-state index in [9.17, 15) is 4.79 Å². The maximum Gasteiger partial charge on any atom is 0.251 e. The lowest BCUT2D eigenvalue weighted by molar-refractivity contribution is -0.157. The standard InChI is InChI=1S/C16H18N2O3/c17-10-11-2-1-3-12(8-11)16(19)18-13-4-5-14-15(9-13)21-7-6-20-14/h1-3,8,13-15H,4-7,9H2,(H,18,19)/t13-,14+,15-/m1/s1. The second-order valence-electron chi connectivity index (χ2n) is 5.49. The van der Waals surface area contributed by atoms with Crippen LogP contribution < -0.4 is 5.32 Å². The fraction of sp³-hybridized carbons (Fsp3) is 0.500. The van der Waals surface area contributed by atoms with Gasteiger partial charge < -0.3 is 14.8 Å². The number of hydrogen-bond donors (Lipinski definition) is 1. The van der Waals surface area contributed by atoms with Crippen LogP contribution in [0.4, 0.5) is 0 Å². The molecule has 0 bridgehead atoms. The van der Waals surface area contributed by atoms with E-state index < -0.39 is 0 Å². The molecule has 1 aromatic carbocycles. The van der Waals surface area contributed by atoms with Crippen LogP contribution in [0.1, 0.15) is 35.2 Å². The Morgan fingerprint density at radius 3 is 2.86 bits per heavy atom. The number of carbonyl (C=O) groups is 1. The number of amides is 1. The number of hydrogen-bond acceptors (Lipinski definition) is 4. The predicted octanol–water partition coefficient (Wildman–Crippen LogP) is 1.62. The Hall–Kier alpha value is -1.90. The van der Waals surface area contributed by atoms with Crippen molar-refractivity contribution in [2.75, 3.05) is 13.2 Å². The Labute approximate surface area is 123 Å². The molecule has 1 aromatic rings. The monoisotopic (exact) mass is 286 g/mol. The summed E-state index contributed by atoms with van der Waals surface area (Å²) in [6.07, 6.45) is 2.85. The molecule has 3 atom stereocenters. The summed E-state index contributed by atoms with van der Waals surface area (Å²) >= 11 is 0. The second kappa shape index (κ2) is 6.25. The molecular formula is C16H18N2O3. The molecule has 2 aliphatic rings. The van der Waals surface area contributed by atoms with Gasteiger partial charge in [0.2, 0.25) is 0 Å². The molecule has 1 aliphatic heterocycles. The third-order valence-corrected chi connectivity index (χ3v) is 4.07. The molecule has 3 rings (SSSR count). The van der Waals surface area contributed by atoms with Gasteiger partial charge in [-0.1, -0.05) is 6.07 Å². The lowest BCUT2D eigenvalue weighted by Gasteiger charge is -2.39. The molecule has 1 saturated heterocycles. The van der Waals surface area contributed by atoms with Crippen LogP contribution in [-0.2, 0) is 9.47 Å². The highest BCUT2D eigenvalue weighted by Crippen LogP contribution is 2.27. The van der Waals surface area contributed by atoms with Gasteiger partial charge in [-0.25, -0.2) is 0 Å². The summed E-state index contributed by atoms with van der Waals surface area (Å²) in [7, 11) is 0. The van der Waals surface area contributed by atoms with Crippen LogP contribution in [0.25, 0.3) is 0 Å². The van der Waals surface area contributed by atoms with Gasteiger partial charge in [-0.3, -0.25) is 4.79 Å². The summed E-state index contributed by atoms with van der Waals surface area (Å²) in [6.45, 7) is 1.30. The van der Waals surface area contributed by atoms with Gasteiger partial charge in [-0.15, -0.1) is 0 Å². The fourth-order valence-corrected chi connectivity index (χ4v) is 3.00. The van der Waals surface area contributed by atoms with Gasteiger partial charge in [-0.2, -0.15) is 5.26 Å². The van der Waals surface area contributed by atoms with Gasteiger partial charge in [-0.05, 0) is 37.5 Å². The van der Waals surface area contributed by atoms with Crippen LogP contribution in [0.15, 0.2) is 24.3 Å². The number of ether oxygens (including phenoxy) is 2. The van der Waals surface area contributed by atoms with Gasteiger partial charge in [0.1, 0.15) is 0 Å². The van der Waals surface area contributed by atoms with Crippen molar-refractivity contribution < 1.29 is 14.3 Å². The van der Waals surface area contributed by atoms with Crippen LogP contribution in [0.3, 0.4) is 0 Å². The Balaban J connectivity index is 1.61. The first-order valence-corrected chi connectivity index (χ1v) is 7.30. The Morgan fingerprint density at radius 1 is 1.24 bits per heavy atom. The summed E-state index contributed by atoms with van der Waals surface area (Å²) in [4.78, 5) is 12.2. The molecule has 1 saturated carbocycles. The average Bonchev–Trinajstić information content (AvgIpc) is 2.54. The van der Waals surface area contributed by atoms with Gasteiger partial charge in [0.05, 0.1) is 37.1 Å². The molecule has 1 aliphatic carbocycles. The lowest BCUT2D eigenvalue weighted by Crippen LogP contribution is -2.49. The summed E-state index contributed by atoms with van der Waals surface area (Å²) in [6, 6.07) is 8.90. The normalized spacial score (nSPS) is 28.2. The number of fused-ring (bicyclic) bond motifs is 1. The fourth-order valence-electron chi connectivity index (χ4n) is 3.00. The van der Waals surface area contributed by atoms with Crippen molar-refractivity contribution >= 4 is 5.91 Å². The molecule has 0 spiro atoms. The summed E-state index contributed by atoms with van der Waals surface area (Å²) < 4.78 is 11.4. The molecule has 0 unspecified atom stereocenters. The van der Waals surface area contributed by atoms with Crippen molar-refractivity contribution in [1.29, 1.82) is 5.26 Å². The van der Waals surface area contributed by atoms with Crippen molar-refractivity contribution in [3.05, 3.63) is 35.4 Å². The molecule has 0 radical (unpaired) electrons. The van der Waals surface area contributed by atoms with Crippen LogP contribution in [0.5, 0.6) is 0 Å². The molecule has 1 N–H and O–H groups in total. The highest BCUT2D eigenvalue weighted by Gasteiger charge is 2.34. The van der Waals surface area contributed by atoms with E-state index in [0.29, 0.717) is 24.3 Å². The first-order chi connectivity index (χ1) is 10.3. The zero-order valence-electron chi connectivity index (χ0n) is 11.7. The molecule has 5 nitrogen and oxygen atoms in total. The van der Waals surface area contributed by atoms with Crippen LogP contribution in [0.2, 0.25) is 0 Å². The quantitative estimate of drug-likeness (QED) is 0.897. The topological polar surface area (TPSA) is 71.4 Å². The van der Waals surface area contributed by atoms with E-state index in [1.54, 1.807) is 24.3 Å². The second-order valence-corrected chi connectivity index (χ2v) is 5.49. The van der Waals surface area contributed by atoms with E-state index in [1.807, 2.05) is 6.07 Å². The molecule has 1 heterocycles. The van der Waals surface area contributed by atoms with E-state index >= 15 is 0 Å². The minimum Gasteiger partial charge on any atom is -0.373 e. The Morgan fingerprint density at radius 2 is 2.05 bits per heavy atom. The Kier molecular flexibility index (Phi) is 4.18. The smallest absolute Gasteiger partial charge is 0.251 e. The van der Waals surface area contributed by atoms with Crippen LogP contribution in [0, 0.1) is 11.3 Å². The minimum atomic E-state index is -0.132. The summed E-state index contributed by atoms with van der Waals surface area (Å²) in [5.41, 5.74) is 1.02. The van der Waals surface area contributed by atoms with E-state index in [-0.39, 0.29) is 24.2 Å². The number of carbonyl (C=O) groups excluding carboxylic acids is 1. The molecule has 21 heavy (non-hydrogen) atoms. The zero-order chi connectivity index (χ0) is 14.7. The van der Waals surface area contributed by atoms with Gasteiger partial charge in [0, 0.05) is 11.6 Å². The molecule has 1 amide bonds. The van der Waals surface area contributed by atoms with Crippen molar-refractivity contribution in [2.24, 2.45) is 0 Å². The van der Waals surface area contributed by atoms with E-state index in [2.05, 4.69) is 5.32 Å². The summed E-state index contributed by atoms with van der Waals surface area (Å²) in [5.74, 6) is -0.132. The zero-order valence-corrected chi connectivity index (χ0v) is 11.7. The molecule has 2 fully saturated rings. The first-order valence-electron chi connectivity index (χ1n) is 7.30. The maximum absolute atomic E-state index is 12.2. The van der Waals surface area contributed by atoms with E-state index in [4.69, 9.17) is 14.7 Å². The predicted molar refractivity (Wildman–Crippen MR) is 75.7 cm³/mol. The van der Waals surface area contributed by atoms with Crippen LogP contribution >= 0.6 is 0 Å². The van der Waals surface area contributed by atoms with Gasteiger partial charge in [0.15, 0.2) is 0 Å². The van der Waals surface area contributed by atoms with Crippen molar-refractivity contribution in [3.63, 3.8) is 0 Å². The van der Waals surface area contributed by atoms with Crippen LogP contribution in [-0.4, -0.2) is 37.4 Å². The average molecular weight is 286 g/mol. The van der Waals surface area contributed by atoms with Gasteiger partial charge >= 0.3 is 0 Å². The van der Waals surface area contributed by atoms with Gasteiger partial charge in [0.25, 0.3) is 5.91 Å². The molecule has 110 valence electrons. The largest absolute Gasteiger partial charge is 0.373 e. The number of nitrogens with one attached hydrogen (secondary N) is 1. The maximum atomic E-state index is 12.2. The van der Waals surface area contributed by atoms with E-state index in [1.165, 1.54) is 0 Å². The molecule has 5 heteroatoms. The Bertz CT molecular complexity index is 567. The minimum absolute atomic E-state index is 0.0863. The highest BCUT2D eigenvalue weighted by atomic mass is 16.6. The first kappa shape index (κ1) is 14.1. The number of benzene rings is 1. The number of rotatable bonds is 2. The number of nitriles is 1. The third-order valence-electron chi connectivity index (χ3n) is 4.07. The SMILES string of the molecule is N#Cc1cccc(C(=O)N[C@@H]2CC[C@@H]3OCCO[C@@H]3C2)c1. The number of nitrogens with zero attached hydrogens (tertiary/aromatic N) is 1. The third kappa shape index (κ3) is 3.23. The van der Waals surface area contributed by atoms with Crippen molar-refractivity contribution in [1.82, 2.24) is 5.32 Å². The lowest BCUT2D eigenvalue weighted by atomic mass is 9.89. The van der Waals surface area contributed by atoms with E-state index in [0.717, 1.165) is 19.3 Å². The highest BCUT2D eigenvalue weighted by molar-refractivity contribution is 5.94. The summed E-state index contributed by atoms with van der Waals surface area (Å²) in [5, 5.41) is 11.9. The molecule has 0 aromatic heterocycles. The molecular weight excluding hydrogens is 268 g/mol.